The predicted molar refractivity (Wildman–Crippen MR) is 117 cm³/mol. The molecule has 0 bridgehead atoms. The first-order valence-corrected chi connectivity index (χ1v) is 11.2. The lowest BCUT2D eigenvalue weighted by atomic mass is 10.2. The molecule has 0 aromatic heterocycles. The first kappa shape index (κ1) is 27.1. The average Bonchev–Trinajstić information content (AvgIpc) is 2.76. The molecule has 0 saturated carbocycles. The van der Waals surface area contributed by atoms with Crippen molar-refractivity contribution in [3.63, 3.8) is 0 Å². The van der Waals surface area contributed by atoms with Crippen molar-refractivity contribution in [3.8, 4) is 11.5 Å². The number of ether oxygens (including phenoxy) is 8. The molecular weight excluding hydrogens is 460 g/mol. The minimum absolute atomic E-state index is 0.454. The molecule has 174 valence electrons. The highest BCUT2D eigenvalue weighted by Gasteiger charge is 2.04. The van der Waals surface area contributed by atoms with E-state index in [1.807, 2.05) is 18.2 Å². The van der Waals surface area contributed by atoms with Crippen molar-refractivity contribution in [1.29, 1.82) is 0 Å². The van der Waals surface area contributed by atoms with Crippen molar-refractivity contribution in [2.24, 2.45) is 0 Å². The predicted octanol–water partition coefficient (Wildman–Crippen LogP) is 2.70. The van der Waals surface area contributed by atoms with Gasteiger partial charge >= 0.3 is 0 Å². The Morgan fingerprint density at radius 3 is 1.27 bits per heavy atom. The molecule has 30 heavy (non-hydrogen) atoms. The SMILES string of the molecule is COCCOCCOCCOc1cc(CBr)cc(OCCOCCOCCOC)c1. The first-order chi connectivity index (χ1) is 14.8. The van der Waals surface area contributed by atoms with Gasteiger partial charge in [-0.15, -0.1) is 0 Å². The maximum atomic E-state index is 5.78. The maximum absolute atomic E-state index is 5.78. The fourth-order valence-corrected chi connectivity index (χ4v) is 2.56. The van der Waals surface area contributed by atoms with Gasteiger partial charge in [-0.2, -0.15) is 0 Å². The van der Waals surface area contributed by atoms with Crippen molar-refractivity contribution >= 4 is 15.9 Å². The molecule has 0 aliphatic carbocycles. The Kier molecular flexibility index (Phi) is 18.1. The van der Waals surface area contributed by atoms with Crippen molar-refractivity contribution in [1.82, 2.24) is 0 Å². The number of rotatable bonds is 21. The number of hydrogen-bond acceptors (Lipinski definition) is 8. The Balaban J connectivity index is 2.17. The van der Waals surface area contributed by atoms with Crippen LogP contribution in [0.2, 0.25) is 0 Å². The quantitative estimate of drug-likeness (QED) is 0.191. The van der Waals surface area contributed by atoms with E-state index in [-0.39, 0.29) is 0 Å². The molecule has 1 aromatic carbocycles. The molecule has 1 aromatic rings. The Labute approximate surface area is 188 Å². The lowest BCUT2D eigenvalue weighted by molar-refractivity contribution is 0.0174. The second-order valence-electron chi connectivity index (χ2n) is 6.08. The van der Waals surface area contributed by atoms with E-state index in [0.29, 0.717) is 84.6 Å². The summed E-state index contributed by atoms with van der Waals surface area (Å²) in [6.07, 6.45) is 0. The van der Waals surface area contributed by atoms with Crippen LogP contribution >= 0.6 is 15.9 Å². The number of methoxy groups -OCH3 is 2. The normalized spacial score (nSPS) is 11.0. The molecule has 0 amide bonds. The molecule has 0 unspecified atom stereocenters. The highest BCUT2D eigenvalue weighted by atomic mass is 79.9. The molecule has 8 nitrogen and oxygen atoms in total. The molecule has 0 heterocycles. The van der Waals surface area contributed by atoms with Crippen LogP contribution in [0.5, 0.6) is 11.5 Å². The zero-order chi connectivity index (χ0) is 21.7. The molecule has 0 radical (unpaired) electrons. The zero-order valence-electron chi connectivity index (χ0n) is 18.1. The summed E-state index contributed by atoms with van der Waals surface area (Å²) in [5, 5.41) is 0.713. The van der Waals surface area contributed by atoms with E-state index in [9.17, 15) is 0 Å². The maximum Gasteiger partial charge on any atom is 0.123 e. The average molecular weight is 495 g/mol. The third-order valence-electron chi connectivity index (χ3n) is 3.69. The summed E-state index contributed by atoms with van der Waals surface area (Å²) in [4.78, 5) is 0. The molecular formula is C21H35BrO8. The van der Waals surface area contributed by atoms with Gasteiger partial charge in [0.1, 0.15) is 24.7 Å². The molecule has 0 N–H and O–H groups in total. The summed E-state index contributed by atoms with van der Waals surface area (Å²) in [6.45, 7) is 6.36. The Hall–Kier alpha value is -0.940. The van der Waals surface area contributed by atoms with Gasteiger partial charge in [0.25, 0.3) is 0 Å². The summed E-state index contributed by atoms with van der Waals surface area (Å²) >= 11 is 3.48. The number of benzene rings is 1. The van der Waals surface area contributed by atoms with Crippen LogP contribution in [0.15, 0.2) is 18.2 Å². The Morgan fingerprint density at radius 1 is 0.533 bits per heavy atom. The van der Waals surface area contributed by atoms with E-state index < -0.39 is 0 Å². The highest BCUT2D eigenvalue weighted by molar-refractivity contribution is 9.08. The summed E-state index contributed by atoms with van der Waals surface area (Å²) in [6, 6.07) is 5.82. The van der Waals surface area contributed by atoms with E-state index >= 15 is 0 Å². The van der Waals surface area contributed by atoms with Crippen LogP contribution in [-0.4, -0.2) is 93.5 Å². The van der Waals surface area contributed by atoms with Gasteiger partial charge in [-0.25, -0.2) is 0 Å². The molecule has 0 aliphatic rings. The molecule has 0 atom stereocenters. The summed E-state index contributed by atoms with van der Waals surface area (Å²) in [5.74, 6) is 1.49. The summed E-state index contributed by atoms with van der Waals surface area (Å²) in [5.41, 5.74) is 1.07. The van der Waals surface area contributed by atoms with E-state index in [1.54, 1.807) is 14.2 Å². The van der Waals surface area contributed by atoms with Crippen LogP contribution in [0.1, 0.15) is 5.56 Å². The summed E-state index contributed by atoms with van der Waals surface area (Å²) < 4.78 is 43.0. The summed E-state index contributed by atoms with van der Waals surface area (Å²) in [7, 11) is 3.29. The monoisotopic (exact) mass is 494 g/mol. The lowest BCUT2D eigenvalue weighted by Gasteiger charge is -2.12. The fourth-order valence-electron chi connectivity index (χ4n) is 2.24. The standard InChI is InChI=1S/C21H35BrO8/c1-23-3-5-25-7-9-27-11-13-29-20-15-19(18-22)16-21(17-20)30-14-12-28-10-8-26-6-4-24-2/h15-17H,3-14,18H2,1-2H3. The van der Waals surface area contributed by atoms with Gasteiger partial charge in [-0.1, -0.05) is 15.9 Å². The van der Waals surface area contributed by atoms with Crippen molar-refractivity contribution in [2.45, 2.75) is 5.33 Å². The van der Waals surface area contributed by atoms with Gasteiger partial charge in [-0.3, -0.25) is 0 Å². The Morgan fingerprint density at radius 2 is 0.900 bits per heavy atom. The third-order valence-corrected chi connectivity index (χ3v) is 4.34. The van der Waals surface area contributed by atoms with E-state index in [2.05, 4.69) is 15.9 Å². The topological polar surface area (TPSA) is 73.8 Å². The van der Waals surface area contributed by atoms with Crippen LogP contribution < -0.4 is 9.47 Å². The van der Waals surface area contributed by atoms with Crippen LogP contribution in [-0.2, 0) is 33.8 Å². The minimum atomic E-state index is 0.454. The Bertz CT molecular complexity index is 478. The van der Waals surface area contributed by atoms with Crippen molar-refractivity contribution < 1.29 is 37.9 Å². The molecule has 1 rings (SSSR count). The van der Waals surface area contributed by atoms with Crippen LogP contribution in [0, 0.1) is 0 Å². The lowest BCUT2D eigenvalue weighted by Crippen LogP contribution is -2.13. The van der Waals surface area contributed by atoms with Gasteiger partial charge in [0.05, 0.1) is 66.1 Å². The number of hydrogen-bond donors (Lipinski definition) is 0. The second-order valence-corrected chi connectivity index (χ2v) is 6.64. The second kappa shape index (κ2) is 20.0. The van der Waals surface area contributed by atoms with E-state index in [1.165, 1.54) is 0 Å². The van der Waals surface area contributed by atoms with E-state index in [4.69, 9.17) is 37.9 Å². The molecule has 0 fully saturated rings. The molecule has 0 aliphatic heterocycles. The number of alkyl halides is 1. The van der Waals surface area contributed by atoms with Crippen molar-refractivity contribution in [3.05, 3.63) is 23.8 Å². The van der Waals surface area contributed by atoms with Gasteiger partial charge in [0.15, 0.2) is 0 Å². The van der Waals surface area contributed by atoms with Crippen LogP contribution in [0.3, 0.4) is 0 Å². The van der Waals surface area contributed by atoms with Crippen LogP contribution in [0.25, 0.3) is 0 Å². The highest BCUT2D eigenvalue weighted by Crippen LogP contribution is 2.24. The molecule has 9 heteroatoms. The molecule has 0 spiro atoms. The number of halogens is 1. The molecule has 0 saturated heterocycles. The van der Waals surface area contributed by atoms with Gasteiger partial charge in [0.2, 0.25) is 0 Å². The largest absolute Gasteiger partial charge is 0.491 e. The van der Waals surface area contributed by atoms with Crippen molar-refractivity contribution in [2.75, 3.05) is 93.5 Å². The first-order valence-electron chi connectivity index (χ1n) is 10.0. The van der Waals surface area contributed by atoms with Crippen LogP contribution in [0.4, 0.5) is 0 Å². The zero-order valence-corrected chi connectivity index (χ0v) is 19.7. The minimum Gasteiger partial charge on any atom is -0.491 e. The smallest absolute Gasteiger partial charge is 0.123 e. The fraction of sp³-hybridized carbons (Fsp3) is 0.714. The van der Waals surface area contributed by atoms with Gasteiger partial charge in [0, 0.05) is 25.6 Å². The third kappa shape index (κ3) is 15.0. The van der Waals surface area contributed by atoms with Gasteiger partial charge < -0.3 is 37.9 Å². The van der Waals surface area contributed by atoms with Gasteiger partial charge in [-0.05, 0) is 17.7 Å². The van der Waals surface area contributed by atoms with E-state index in [0.717, 1.165) is 17.1 Å².